The van der Waals surface area contributed by atoms with E-state index < -0.39 is 0 Å². The lowest BCUT2D eigenvalue weighted by atomic mass is 9.96. The Balaban J connectivity index is 1.07. The Bertz CT molecular complexity index is 3260. The Morgan fingerprint density at radius 3 is 1.72 bits per heavy atom. The van der Waals surface area contributed by atoms with Crippen LogP contribution in [-0.2, 0) is 0 Å². The second-order valence-corrected chi connectivity index (χ2v) is 14.9. The highest BCUT2D eigenvalue weighted by Gasteiger charge is 2.20. The highest BCUT2D eigenvalue weighted by Crippen LogP contribution is 2.45. The van der Waals surface area contributed by atoms with Crippen LogP contribution in [0.25, 0.3) is 88.0 Å². The molecule has 0 aliphatic heterocycles. The number of furan rings is 1. The molecule has 0 aliphatic carbocycles. The van der Waals surface area contributed by atoms with Crippen molar-refractivity contribution < 1.29 is 4.42 Å². The lowest BCUT2D eigenvalue weighted by molar-refractivity contribution is 0.673. The standard InChI is InChI=1S/C56H37NO/c1-2-13-38(14-3-1)39-27-29-43(30-28-39)49-21-8-9-25-53(49)57(45-34-31-42(32-35-45)48-23-11-17-40-15-4-6-20-47(40)48)46-19-10-18-44(37-46)50-24-12-26-54-55(50)52-36-33-41-16-5-7-22-51(41)56(52)58-54/h1-37H. The minimum absolute atomic E-state index is 0.888. The highest BCUT2D eigenvalue weighted by molar-refractivity contribution is 6.19. The van der Waals surface area contributed by atoms with Gasteiger partial charge in [0.25, 0.3) is 0 Å². The topological polar surface area (TPSA) is 16.4 Å². The molecule has 11 aromatic rings. The lowest BCUT2D eigenvalue weighted by Crippen LogP contribution is -2.11. The Hall–Kier alpha value is -7.68. The molecule has 0 fully saturated rings. The summed E-state index contributed by atoms with van der Waals surface area (Å²) in [6, 6.07) is 80.6. The van der Waals surface area contributed by atoms with Crippen LogP contribution in [-0.4, -0.2) is 0 Å². The van der Waals surface area contributed by atoms with Crippen LogP contribution >= 0.6 is 0 Å². The summed E-state index contributed by atoms with van der Waals surface area (Å²) in [5, 5.41) is 7.05. The second kappa shape index (κ2) is 14.1. The number of benzene rings is 10. The van der Waals surface area contributed by atoms with E-state index >= 15 is 0 Å². The minimum Gasteiger partial charge on any atom is -0.455 e. The fourth-order valence-corrected chi connectivity index (χ4v) is 8.69. The molecule has 11 rings (SSSR count). The molecule has 0 saturated heterocycles. The van der Waals surface area contributed by atoms with Crippen molar-refractivity contribution >= 4 is 60.5 Å². The second-order valence-electron chi connectivity index (χ2n) is 14.9. The first-order chi connectivity index (χ1) is 28.8. The third kappa shape index (κ3) is 5.82. The van der Waals surface area contributed by atoms with Gasteiger partial charge in [0.05, 0.1) is 5.69 Å². The van der Waals surface area contributed by atoms with Gasteiger partial charge in [0.1, 0.15) is 11.2 Å². The number of para-hydroxylation sites is 1. The van der Waals surface area contributed by atoms with Gasteiger partial charge >= 0.3 is 0 Å². The summed E-state index contributed by atoms with van der Waals surface area (Å²) >= 11 is 0. The minimum atomic E-state index is 0.888. The van der Waals surface area contributed by atoms with Crippen LogP contribution in [0.3, 0.4) is 0 Å². The Morgan fingerprint density at radius 2 is 0.879 bits per heavy atom. The fourth-order valence-electron chi connectivity index (χ4n) is 8.69. The van der Waals surface area contributed by atoms with Crippen LogP contribution in [0.5, 0.6) is 0 Å². The maximum atomic E-state index is 6.61. The van der Waals surface area contributed by atoms with E-state index in [9.17, 15) is 0 Å². The van der Waals surface area contributed by atoms with Crippen LogP contribution in [0, 0.1) is 0 Å². The van der Waals surface area contributed by atoms with E-state index in [1.807, 2.05) is 0 Å². The van der Waals surface area contributed by atoms with E-state index in [-0.39, 0.29) is 0 Å². The van der Waals surface area contributed by atoms with Crippen molar-refractivity contribution in [3.63, 3.8) is 0 Å². The quantitative estimate of drug-likeness (QED) is 0.162. The number of fused-ring (bicyclic) bond motifs is 6. The van der Waals surface area contributed by atoms with Gasteiger partial charge in [-0.05, 0) is 97.6 Å². The number of hydrogen-bond donors (Lipinski definition) is 0. The molecular weight excluding hydrogens is 703 g/mol. The number of anilines is 3. The largest absolute Gasteiger partial charge is 0.455 e. The predicted octanol–water partition coefficient (Wildman–Crippen LogP) is 16.0. The van der Waals surface area contributed by atoms with Gasteiger partial charge in [0.2, 0.25) is 0 Å². The van der Waals surface area contributed by atoms with Gasteiger partial charge < -0.3 is 9.32 Å². The molecule has 0 bridgehead atoms. The number of rotatable bonds is 7. The van der Waals surface area contributed by atoms with E-state index in [0.29, 0.717) is 0 Å². The van der Waals surface area contributed by atoms with E-state index in [0.717, 1.165) is 66.6 Å². The maximum absolute atomic E-state index is 6.61. The van der Waals surface area contributed by atoms with Crippen LogP contribution in [0.4, 0.5) is 17.1 Å². The molecule has 1 aromatic heterocycles. The summed E-state index contributed by atoms with van der Waals surface area (Å²) in [4.78, 5) is 2.40. The summed E-state index contributed by atoms with van der Waals surface area (Å²) in [6.45, 7) is 0. The van der Waals surface area contributed by atoms with Crippen molar-refractivity contribution in [1.29, 1.82) is 0 Å². The summed E-state index contributed by atoms with van der Waals surface area (Å²) < 4.78 is 6.61. The molecule has 1 heterocycles. The normalized spacial score (nSPS) is 11.4. The molecule has 0 aliphatic rings. The summed E-state index contributed by atoms with van der Waals surface area (Å²) in [7, 11) is 0. The predicted molar refractivity (Wildman–Crippen MR) is 245 cm³/mol. The zero-order valence-corrected chi connectivity index (χ0v) is 31.7. The molecule has 58 heavy (non-hydrogen) atoms. The van der Waals surface area contributed by atoms with Gasteiger partial charge in [-0.1, -0.05) is 182 Å². The smallest absolute Gasteiger partial charge is 0.143 e. The van der Waals surface area contributed by atoms with Crippen molar-refractivity contribution in [3.05, 3.63) is 224 Å². The van der Waals surface area contributed by atoms with Crippen molar-refractivity contribution in [3.8, 4) is 44.5 Å². The van der Waals surface area contributed by atoms with E-state index in [1.165, 1.54) is 38.4 Å². The average Bonchev–Trinajstić information content (AvgIpc) is 3.70. The van der Waals surface area contributed by atoms with Gasteiger partial charge in [0.15, 0.2) is 0 Å². The van der Waals surface area contributed by atoms with Crippen molar-refractivity contribution in [1.82, 2.24) is 0 Å². The molecule has 10 aromatic carbocycles. The van der Waals surface area contributed by atoms with Crippen LogP contribution < -0.4 is 4.90 Å². The van der Waals surface area contributed by atoms with E-state index in [2.05, 4.69) is 229 Å². The van der Waals surface area contributed by atoms with Crippen molar-refractivity contribution in [2.45, 2.75) is 0 Å². The molecule has 0 amide bonds. The third-order valence-corrected chi connectivity index (χ3v) is 11.5. The van der Waals surface area contributed by atoms with E-state index in [1.54, 1.807) is 0 Å². The van der Waals surface area contributed by atoms with Crippen LogP contribution in [0.2, 0.25) is 0 Å². The van der Waals surface area contributed by atoms with Crippen molar-refractivity contribution in [2.24, 2.45) is 0 Å². The highest BCUT2D eigenvalue weighted by atomic mass is 16.3. The first-order valence-corrected chi connectivity index (χ1v) is 19.8. The van der Waals surface area contributed by atoms with Gasteiger partial charge in [-0.15, -0.1) is 0 Å². The van der Waals surface area contributed by atoms with Crippen LogP contribution in [0.1, 0.15) is 0 Å². The molecule has 0 saturated carbocycles. The zero-order valence-electron chi connectivity index (χ0n) is 31.7. The molecule has 0 radical (unpaired) electrons. The Kier molecular flexibility index (Phi) is 8.19. The van der Waals surface area contributed by atoms with Crippen molar-refractivity contribution in [2.75, 3.05) is 4.90 Å². The molecular formula is C56H37NO. The molecule has 0 N–H and O–H groups in total. The van der Waals surface area contributed by atoms with Gasteiger partial charge in [-0.3, -0.25) is 0 Å². The number of nitrogens with zero attached hydrogens (tertiary/aromatic N) is 1. The SMILES string of the molecule is c1ccc(-c2ccc(-c3ccccc3N(c3ccc(-c4cccc5ccccc45)cc3)c3cccc(-c4cccc5oc6c7ccccc7ccc6c45)c3)cc2)cc1. The molecule has 0 unspecified atom stereocenters. The average molecular weight is 740 g/mol. The maximum Gasteiger partial charge on any atom is 0.143 e. The van der Waals surface area contributed by atoms with Gasteiger partial charge in [-0.25, -0.2) is 0 Å². The number of hydrogen-bond acceptors (Lipinski definition) is 2. The summed E-state index contributed by atoms with van der Waals surface area (Å²) in [6.07, 6.45) is 0. The lowest BCUT2D eigenvalue weighted by Gasteiger charge is -2.28. The first kappa shape index (κ1) is 33.6. The molecule has 272 valence electrons. The molecule has 0 spiro atoms. The zero-order chi connectivity index (χ0) is 38.4. The molecule has 0 atom stereocenters. The van der Waals surface area contributed by atoms with Gasteiger partial charge in [-0.2, -0.15) is 0 Å². The van der Waals surface area contributed by atoms with Crippen LogP contribution in [0.15, 0.2) is 229 Å². The van der Waals surface area contributed by atoms with Gasteiger partial charge in [0, 0.05) is 33.1 Å². The Morgan fingerprint density at radius 1 is 0.310 bits per heavy atom. The third-order valence-electron chi connectivity index (χ3n) is 11.5. The molecule has 2 nitrogen and oxygen atoms in total. The first-order valence-electron chi connectivity index (χ1n) is 19.8. The molecule has 2 heteroatoms. The Labute approximate surface area is 337 Å². The summed E-state index contributed by atoms with van der Waals surface area (Å²) in [5.74, 6) is 0. The fraction of sp³-hybridized carbons (Fsp3) is 0. The van der Waals surface area contributed by atoms with E-state index in [4.69, 9.17) is 4.42 Å². The monoisotopic (exact) mass is 739 g/mol. The summed E-state index contributed by atoms with van der Waals surface area (Å²) in [5.41, 5.74) is 14.5.